The van der Waals surface area contributed by atoms with Crippen molar-refractivity contribution in [1.29, 1.82) is 0 Å². The number of nitrogens with one attached hydrogen (secondary N) is 2. The van der Waals surface area contributed by atoms with Gasteiger partial charge in [0, 0.05) is 12.6 Å². The van der Waals surface area contributed by atoms with E-state index in [2.05, 4.69) is 17.6 Å². The summed E-state index contributed by atoms with van der Waals surface area (Å²) in [6.45, 7) is 9.60. The smallest absolute Gasteiger partial charge is 0.407 e. The summed E-state index contributed by atoms with van der Waals surface area (Å²) in [7, 11) is 0. The molecule has 0 aromatic heterocycles. The Morgan fingerprint density at radius 2 is 2.18 bits per heavy atom. The van der Waals surface area contributed by atoms with Crippen molar-refractivity contribution in [2.75, 3.05) is 13.1 Å². The highest BCUT2D eigenvalue weighted by Gasteiger charge is 2.26. The fourth-order valence-corrected chi connectivity index (χ4v) is 2.24. The molecule has 2 atom stereocenters. The van der Waals surface area contributed by atoms with Crippen LogP contribution in [0.2, 0.25) is 0 Å². The van der Waals surface area contributed by atoms with Crippen LogP contribution in [0.5, 0.6) is 0 Å². The SMILES string of the molecule is CCCC1NCCC1CNC(=O)OC(C)(C)C. The number of rotatable bonds is 4. The van der Waals surface area contributed by atoms with Crippen LogP contribution < -0.4 is 10.6 Å². The van der Waals surface area contributed by atoms with Gasteiger partial charge in [-0.3, -0.25) is 0 Å². The number of hydrogen-bond acceptors (Lipinski definition) is 3. The third-order valence-corrected chi connectivity index (χ3v) is 3.00. The molecule has 1 fully saturated rings. The van der Waals surface area contributed by atoms with E-state index >= 15 is 0 Å². The molecule has 0 saturated carbocycles. The topological polar surface area (TPSA) is 50.4 Å². The molecule has 1 amide bonds. The lowest BCUT2D eigenvalue weighted by Gasteiger charge is -2.22. The van der Waals surface area contributed by atoms with Crippen LogP contribution in [0, 0.1) is 5.92 Å². The Morgan fingerprint density at radius 3 is 2.76 bits per heavy atom. The van der Waals surface area contributed by atoms with Crippen molar-refractivity contribution in [3.63, 3.8) is 0 Å². The standard InChI is InChI=1S/C13H26N2O2/c1-5-6-11-10(7-8-14-11)9-15-12(16)17-13(2,3)4/h10-11,14H,5-9H2,1-4H3,(H,15,16). The van der Waals surface area contributed by atoms with E-state index < -0.39 is 5.60 Å². The lowest BCUT2D eigenvalue weighted by Crippen LogP contribution is -2.38. The molecule has 1 saturated heterocycles. The largest absolute Gasteiger partial charge is 0.444 e. The molecule has 1 heterocycles. The molecule has 0 aliphatic carbocycles. The van der Waals surface area contributed by atoms with E-state index in [0.29, 0.717) is 18.5 Å². The van der Waals surface area contributed by atoms with Gasteiger partial charge in [0.25, 0.3) is 0 Å². The Labute approximate surface area is 104 Å². The highest BCUT2D eigenvalue weighted by molar-refractivity contribution is 5.67. The summed E-state index contributed by atoms with van der Waals surface area (Å²) in [6.07, 6.45) is 3.20. The monoisotopic (exact) mass is 242 g/mol. The number of amides is 1. The average molecular weight is 242 g/mol. The van der Waals surface area contributed by atoms with E-state index in [9.17, 15) is 4.79 Å². The number of carbonyl (C=O) groups is 1. The third-order valence-electron chi connectivity index (χ3n) is 3.00. The highest BCUT2D eigenvalue weighted by Crippen LogP contribution is 2.18. The maximum atomic E-state index is 11.5. The molecule has 4 heteroatoms. The van der Waals surface area contributed by atoms with Crippen LogP contribution in [-0.4, -0.2) is 30.8 Å². The van der Waals surface area contributed by atoms with Gasteiger partial charge < -0.3 is 15.4 Å². The zero-order chi connectivity index (χ0) is 12.9. The number of alkyl carbamates (subject to hydrolysis) is 1. The van der Waals surface area contributed by atoms with Crippen LogP contribution >= 0.6 is 0 Å². The van der Waals surface area contributed by atoms with Crippen molar-refractivity contribution >= 4 is 6.09 Å². The Morgan fingerprint density at radius 1 is 1.47 bits per heavy atom. The van der Waals surface area contributed by atoms with Crippen LogP contribution in [0.15, 0.2) is 0 Å². The summed E-state index contributed by atoms with van der Waals surface area (Å²) in [5.41, 5.74) is -0.416. The average Bonchev–Trinajstić information content (AvgIpc) is 2.60. The first kappa shape index (κ1) is 14.3. The summed E-state index contributed by atoms with van der Waals surface area (Å²) >= 11 is 0. The maximum Gasteiger partial charge on any atom is 0.407 e. The molecular weight excluding hydrogens is 216 g/mol. The first-order chi connectivity index (χ1) is 7.92. The molecule has 0 spiro atoms. The van der Waals surface area contributed by atoms with Gasteiger partial charge in [0.1, 0.15) is 5.60 Å². The number of carbonyl (C=O) groups excluding carboxylic acids is 1. The molecular formula is C13H26N2O2. The fourth-order valence-electron chi connectivity index (χ4n) is 2.24. The lowest BCUT2D eigenvalue weighted by molar-refractivity contribution is 0.0518. The molecule has 1 rings (SSSR count). The molecule has 0 aromatic rings. The van der Waals surface area contributed by atoms with Gasteiger partial charge >= 0.3 is 6.09 Å². The van der Waals surface area contributed by atoms with Crippen molar-refractivity contribution in [1.82, 2.24) is 10.6 Å². The van der Waals surface area contributed by atoms with Crippen molar-refractivity contribution in [3.8, 4) is 0 Å². The molecule has 4 nitrogen and oxygen atoms in total. The Hall–Kier alpha value is -0.770. The molecule has 1 aliphatic heterocycles. The molecule has 17 heavy (non-hydrogen) atoms. The lowest BCUT2D eigenvalue weighted by atomic mass is 9.97. The van der Waals surface area contributed by atoms with E-state index in [4.69, 9.17) is 4.74 Å². The second kappa shape index (κ2) is 6.24. The minimum Gasteiger partial charge on any atom is -0.444 e. The second-order valence-electron chi connectivity index (χ2n) is 5.78. The van der Waals surface area contributed by atoms with Crippen LogP contribution in [0.4, 0.5) is 4.79 Å². The molecule has 1 aliphatic rings. The van der Waals surface area contributed by atoms with Crippen molar-refractivity contribution in [2.45, 2.75) is 58.6 Å². The molecule has 0 aromatic carbocycles. The van der Waals surface area contributed by atoms with Gasteiger partial charge in [0.05, 0.1) is 0 Å². The Bertz CT molecular complexity index is 248. The maximum absolute atomic E-state index is 11.5. The van der Waals surface area contributed by atoms with Gasteiger partial charge in [-0.15, -0.1) is 0 Å². The first-order valence-corrected chi connectivity index (χ1v) is 6.62. The van der Waals surface area contributed by atoms with Gasteiger partial charge in [0.2, 0.25) is 0 Å². The summed E-state index contributed by atoms with van der Waals surface area (Å²) in [5, 5.41) is 6.36. The van der Waals surface area contributed by atoms with Crippen LogP contribution in [0.3, 0.4) is 0 Å². The Balaban J connectivity index is 2.27. The van der Waals surface area contributed by atoms with Gasteiger partial charge in [-0.2, -0.15) is 0 Å². The van der Waals surface area contributed by atoms with Gasteiger partial charge in [-0.25, -0.2) is 4.79 Å². The molecule has 0 radical (unpaired) electrons. The van der Waals surface area contributed by atoms with Crippen molar-refractivity contribution in [3.05, 3.63) is 0 Å². The van der Waals surface area contributed by atoms with Crippen LogP contribution in [0.1, 0.15) is 47.0 Å². The fraction of sp³-hybridized carbons (Fsp3) is 0.923. The predicted molar refractivity (Wildman–Crippen MR) is 69.0 cm³/mol. The van der Waals surface area contributed by atoms with E-state index in [-0.39, 0.29) is 6.09 Å². The van der Waals surface area contributed by atoms with Gasteiger partial charge in [0.15, 0.2) is 0 Å². The van der Waals surface area contributed by atoms with Crippen LogP contribution in [0.25, 0.3) is 0 Å². The van der Waals surface area contributed by atoms with E-state index in [0.717, 1.165) is 13.0 Å². The Kier molecular flexibility index (Phi) is 5.25. The molecule has 2 unspecified atom stereocenters. The number of hydrogen-bond donors (Lipinski definition) is 2. The summed E-state index contributed by atoms with van der Waals surface area (Å²) < 4.78 is 5.22. The molecule has 0 bridgehead atoms. The zero-order valence-corrected chi connectivity index (χ0v) is 11.5. The zero-order valence-electron chi connectivity index (χ0n) is 11.5. The van der Waals surface area contributed by atoms with Gasteiger partial charge in [-0.1, -0.05) is 13.3 Å². The molecule has 100 valence electrons. The molecule has 2 N–H and O–H groups in total. The highest BCUT2D eigenvalue weighted by atomic mass is 16.6. The minimum atomic E-state index is -0.416. The van der Waals surface area contributed by atoms with Crippen molar-refractivity contribution in [2.24, 2.45) is 5.92 Å². The van der Waals surface area contributed by atoms with Crippen molar-refractivity contribution < 1.29 is 9.53 Å². The summed E-state index contributed by atoms with van der Waals surface area (Å²) in [5.74, 6) is 0.544. The van der Waals surface area contributed by atoms with Gasteiger partial charge in [-0.05, 0) is 46.1 Å². The second-order valence-corrected chi connectivity index (χ2v) is 5.78. The van der Waals surface area contributed by atoms with E-state index in [1.165, 1.54) is 12.8 Å². The third kappa shape index (κ3) is 5.39. The van der Waals surface area contributed by atoms with Crippen LogP contribution in [-0.2, 0) is 4.74 Å². The minimum absolute atomic E-state index is 0.306. The summed E-state index contributed by atoms with van der Waals surface area (Å²) in [6, 6.07) is 0.551. The number of ether oxygens (including phenoxy) is 1. The normalized spacial score (nSPS) is 24.7. The summed E-state index contributed by atoms with van der Waals surface area (Å²) in [4.78, 5) is 11.5. The quantitative estimate of drug-likeness (QED) is 0.795. The first-order valence-electron chi connectivity index (χ1n) is 6.62. The predicted octanol–water partition coefficient (Wildman–Crippen LogP) is 2.29. The van der Waals surface area contributed by atoms with E-state index in [1.807, 2.05) is 20.8 Å². The van der Waals surface area contributed by atoms with E-state index in [1.54, 1.807) is 0 Å².